The smallest absolute Gasteiger partial charge is 0.316 e. The van der Waals surface area contributed by atoms with Gasteiger partial charge in [0.1, 0.15) is 0 Å². The normalized spacial score (nSPS) is 28.4. The summed E-state index contributed by atoms with van der Waals surface area (Å²) >= 11 is 0. The molecular formula is C17H20N2O4. The number of hydrogen-bond acceptors (Lipinski definition) is 5. The third kappa shape index (κ3) is 2.93. The molecule has 3 atom stereocenters. The van der Waals surface area contributed by atoms with Gasteiger partial charge in [-0.2, -0.15) is 9.97 Å². The number of aliphatic carboxylic acids is 1. The van der Waals surface area contributed by atoms with Gasteiger partial charge in [-0.25, -0.2) is 0 Å². The Bertz CT molecular complexity index is 671. The SMILES string of the molecule is COc1ncc(OC[C@@]2(C3C=CC=CC3)C[C@H]2C(=O)O)c(C)n1. The molecule has 0 bridgehead atoms. The molecule has 122 valence electrons. The summed E-state index contributed by atoms with van der Waals surface area (Å²) in [7, 11) is 1.51. The van der Waals surface area contributed by atoms with Crippen LogP contribution in [0.25, 0.3) is 0 Å². The molecule has 1 aromatic heterocycles. The van der Waals surface area contributed by atoms with Crippen molar-refractivity contribution < 1.29 is 19.4 Å². The zero-order chi connectivity index (χ0) is 16.4. The molecule has 2 aliphatic rings. The lowest BCUT2D eigenvalue weighted by Gasteiger charge is -2.26. The summed E-state index contributed by atoms with van der Waals surface area (Å²) in [5, 5.41) is 9.40. The maximum Gasteiger partial charge on any atom is 0.316 e. The van der Waals surface area contributed by atoms with Crippen LogP contribution in [-0.2, 0) is 4.79 Å². The summed E-state index contributed by atoms with van der Waals surface area (Å²) in [4.78, 5) is 19.7. The van der Waals surface area contributed by atoms with E-state index in [-0.39, 0.29) is 17.3 Å². The number of aromatic nitrogens is 2. The summed E-state index contributed by atoms with van der Waals surface area (Å²) in [6.45, 7) is 2.17. The van der Waals surface area contributed by atoms with Crippen molar-refractivity contribution in [3.8, 4) is 11.8 Å². The van der Waals surface area contributed by atoms with Gasteiger partial charge in [-0.3, -0.25) is 4.79 Å². The number of carboxylic acid groups (broad SMARTS) is 1. The van der Waals surface area contributed by atoms with Crippen LogP contribution in [0.15, 0.2) is 30.5 Å². The molecule has 0 aliphatic heterocycles. The fourth-order valence-electron chi connectivity index (χ4n) is 3.22. The van der Waals surface area contributed by atoms with E-state index in [1.807, 2.05) is 19.1 Å². The van der Waals surface area contributed by atoms with Crippen LogP contribution < -0.4 is 9.47 Å². The van der Waals surface area contributed by atoms with Crippen LogP contribution in [0.1, 0.15) is 18.5 Å². The average molecular weight is 316 g/mol. The number of rotatable bonds is 6. The van der Waals surface area contributed by atoms with Gasteiger partial charge in [-0.15, -0.1) is 0 Å². The van der Waals surface area contributed by atoms with Crippen LogP contribution in [0.4, 0.5) is 0 Å². The lowest BCUT2D eigenvalue weighted by molar-refractivity contribution is -0.140. The summed E-state index contributed by atoms with van der Waals surface area (Å²) in [5.41, 5.74) is 0.332. The van der Waals surface area contributed by atoms with Crippen molar-refractivity contribution in [2.75, 3.05) is 13.7 Å². The number of carbonyl (C=O) groups is 1. The quantitative estimate of drug-likeness (QED) is 0.868. The molecule has 1 heterocycles. The van der Waals surface area contributed by atoms with E-state index in [4.69, 9.17) is 9.47 Å². The molecule has 0 spiro atoms. The highest BCUT2D eigenvalue weighted by Gasteiger charge is 2.62. The largest absolute Gasteiger partial charge is 0.489 e. The van der Waals surface area contributed by atoms with Crippen LogP contribution in [0.2, 0.25) is 0 Å². The second-order valence-electron chi connectivity index (χ2n) is 6.08. The second kappa shape index (κ2) is 6.02. The fourth-order valence-corrected chi connectivity index (χ4v) is 3.22. The number of ether oxygens (including phenoxy) is 2. The van der Waals surface area contributed by atoms with Gasteiger partial charge in [0.05, 0.1) is 31.5 Å². The van der Waals surface area contributed by atoms with Crippen molar-refractivity contribution in [2.24, 2.45) is 17.3 Å². The van der Waals surface area contributed by atoms with Crippen LogP contribution in [0.5, 0.6) is 11.8 Å². The molecule has 0 saturated heterocycles. The van der Waals surface area contributed by atoms with E-state index < -0.39 is 5.97 Å². The first-order valence-corrected chi connectivity index (χ1v) is 7.63. The topological polar surface area (TPSA) is 81.5 Å². The Labute approximate surface area is 134 Å². The highest BCUT2D eigenvalue weighted by molar-refractivity contribution is 5.75. The monoisotopic (exact) mass is 316 g/mol. The molecule has 6 heteroatoms. The standard InChI is InChI=1S/C17H20N2O4/c1-11-14(9-18-16(19-11)22-2)23-10-17(8-13(17)15(20)21)12-6-4-3-5-7-12/h3-6,9,12-13H,7-8,10H2,1-2H3,(H,20,21)/t12?,13-,17+/m0/s1. The molecule has 1 unspecified atom stereocenters. The van der Waals surface area contributed by atoms with Crippen LogP contribution in [0, 0.1) is 24.2 Å². The molecule has 1 N–H and O–H groups in total. The molecule has 0 amide bonds. The van der Waals surface area contributed by atoms with Gasteiger partial charge in [0, 0.05) is 5.41 Å². The number of carboxylic acids is 1. The van der Waals surface area contributed by atoms with Crippen molar-refractivity contribution in [1.29, 1.82) is 0 Å². The van der Waals surface area contributed by atoms with Gasteiger partial charge < -0.3 is 14.6 Å². The number of allylic oxidation sites excluding steroid dienone is 4. The Balaban J connectivity index is 1.74. The van der Waals surface area contributed by atoms with Crippen LogP contribution in [0.3, 0.4) is 0 Å². The third-order valence-electron chi connectivity index (χ3n) is 4.73. The molecule has 1 saturated carbocycles. The molecule has 1 fully saturated rings. The fraction of sp³-hybridized carbons (Fsp3) is 0.471. The van der Waals surface area contributed by atoms with Gasteiger partial charge in [0.2, 0.25) is 0 Å². The minimum atomic E-state index is -0.751. The Morgan fingerprint density at radius 1 is 1.48 bits per heavy atom. The lowest BCUT2D eigenvalue weighted by atomic mass is 9.82. The van der Waals surface area contributed by atoms with Crippen LogP contribution in [-0.4, -0.2) is 34.8 Å². The Morgan fingerprint density at radius 3 is 2.87 bits per heavy atom. The first-order valence-electron chi connectivity index (χ1n) is 7.63. The third-order valence-corrected chi connectivity index (χ3v) is 4.73. The van der Waals surface area contributed by atoms with E-state index in [1.165, 1.54) is 7.11 Å². The zero-order valence-electron chi connectivity index (χ0n) is 13.2. The number of methoxy groups -OCH3 is 1. The van der Waals surface area contributed by atoms with E-state index >= 15 is 0 Å². The number of hydrogen-bond donors (Lipinski definition) is 1. The van der Waals surface area contributed by atoms with Crippen molar-refractivity contribution >= 4 is 5.97 Å². The number of nitrogens with zero attached hydrogens (tertiary/aromatic N) is 2. The second-order valence-corrected chi connectivity index (χ2v) is 6.08. The van der Waals surface area contributed by atoms with Gasteiger partial charge in [0.25, 0.3) is 0 Å². The van der Waals surface area contributed by atoms with Crippen molar-refractivity contribution in [3.05, 3.63) is 36.2 Å². The summed E-state index contributed by atoms with van der Waals surface area (Å²) in [5.74, 6) is -0.355. The molecule has 2 aliphatic carbocycles. The first kappa shape index (κ1) is 15.5. The van der Waals surface area contributed by atoms with Crippen molar-refractivity contribution in [2.45, 2.75) is 19.8 Å². The lowest BCUT2D eigenvalue weighted by Crippen LogP contribution is -2.27. The van der Waals surface area contributed by atoms with Gasteiger partial charge in [-0.1, -0.05) is 24.3 Å². The van der Waals surface area contributed by atoms with E-state index in [0.717, 1.165) is 6.42 Å². The molecule has 0 radical (unpaired) electrons. The van der Waals surface area contributed by atoms with Gasteiger partial charge in [-0.05, 0) is 25.7 Å². The maximum absolute atomic E-state index is 11.4. The highest BCUT2D eigenvalue weighted by atomic mass is 16.5. The van der Waals surface area contributed by atoms with E-state index in [0.29, 0.717) is 30.5 Å². The van der Waals surface area contributed by atoms with Gasteiger partial charge in [0.15, 0.2) is 5.75 Å². The highest BCUT2D eigenvalue weighted by Crippen LogP contribution is 2.60. The van der Waals surface area contributed by atoms with Gasteiger partial charge >= 0.3 is 12.0 Å². The Hall–Kier alpha value is -2.37. The van der Waals surface area contributed by atoms with Crippen LogP contribution >= 0.6 is 0 Å². The summed E-state index contributed by atoms with van der Waals surface area (Å²) < 4.78 is 10.9. The number of aryl methyl sites for hydroxylation is 1. The minimum absolute atomic E-state index is 0.188. The van der Waals surface area contributed by atoms with Crippen molar-refractivity contribution in [3.63, 3.8) is 0 Å². The molecular weight excluding hydrogens is 296 g/mol. The Morgan fingerprint density at radius 2 is 2.30 bits per heavy atom. The molecule has 23 heavy (non-hydrogen) atoms. The zero-order valence-corrected chi connectivity index (χ0v) is 13.2. The predicted octanol–water partition coefficient (Wildman–Crippen LogP) is 2.40. The molecule has 1 aromatic rings. The average Bonchev–Trinajstić information content (AvgIpc) is 3.31. The maximum atomic E-state index is 11.4. The summed E-state index contributed by atoms with van der Waals surface area (Å²) in [6.07, 6.45) is 11.2. The van der Waals surface area contributed by atoms with E-state index in [9.17, 15) is 9.90 Å². The van der Waals surface area contributed by atoms with E-state index in [1.54, 1.807) is 6.20 Å². The molecule has 3 rings (SSSR count). The summed E-state index contributed by atoms with van der Waals surface area (Å²) in [6, 6.07) is 0.291. The van der Waals surface area contributed by atoms with E-state index in [2.05, 4.69) is 22.1 Å². The minimum Gasteiger partial charge on any atom is -0.489 e. The Kier molecular flexibility index (Phi) is 4.07. The van der Waals surface area contributed by atoms with Crippen molar-refractivity contribution in [1.82, 2.24) is 9.97 Å². The molecule has 0 aromatic carbocycles. The molecule has 6 nitrogen and oxygen atoms in total. The predicted molar refractivity (Wildman–Crippen MR) is 83.4 cm³/mol. The first-order chi connectivity index (χ1) is 11.1.